The Morgan fingerprint density at radius 2 is 1.58 bits per heavy atom. The number of aliphatic hydroxyl groups excluding tert-OH is 1. The quantitative estimate of drug-likeness (QED) is 0.787. The highest BCUT2D eigenvalue weighted by Gasteiger charge is 2.08. The molecule has 0 bridgehead atoms. The molecule has 2 aromatic rings. The summed E-state index contributed by atoms with van der Waals surface area (Å²) in [6.45, 7) is 0.169. The van der Waals surface area contributed by atoms with Gasteiger partial charge in [-0.05, 0) is 17.7 Å². The van der Waals surface area contributed by atoms with E-state index in [0.29, 0.717) is 5.69 Å². The van der Waals surface area contributed by atoms with Crippen LogP contribution in [0.5, 0.6) is 0 Å². The molecule has 0 heterocycles. The zero-order valence-corrected chi connectivity index (χ0v) is 10.4. The maximum atomic E-state index is 11.6. The predicted molar refractivity (Wildman–Crippen MR) is 74.9 cm³/mol. The second-order valence-corrected chi connectivity index (χ2v) is 4.13. The Bertz CT molecular complexity index is 514. The van der Waals surface area contributed by atoms with Gasteiger partial charge in [0.05, 0.1) is 6.10 Å². The molecule has 2 amide bonds. The molecule has 19 heavy (non-hydrogen) atoms. The van der Waals surface area contributed by atoms with Crippen molar-refractivity contribution in [1.82, 2.24) is 5.32 Å². The molecule has 0 radical (unpaired) electrons. The van der Waals surface area contributed by atoms with E-state index in [9.17, 15) is 9.90 Å². The van der Waals surface area contributed by atoms with E-state index in [1.807, 2.05) is 48.5 Å². The maximum Gasteiger partial charge on any atom is 0.319 e. The van der Waals surface area contributed by atoms with Crippen molar-refractivity contribution in [2.45, 2.75) is 6.10 Å². The topological polar surface area (TPSA) is 61.4 Å². The zero-order chi connectivity index (χ0) is 13.5. The van der Waals surface area contributed by atoms with E-state index < -0.39 is 6.10 Å². The van der Waals surface area contributed by atoms with E-state index in [0.717, 1.165) is 5.56 Å². The van der Waals surface area contributed by atoms with Gasteiger partial charge >= 0.3 is 6.03 Å². The Labute approximate surface area is 112 Å². The van der Waals surface area contributed by atoms with Crippen LogP contribution >= 0.6 is 0 Å². The Morgan fingerprint density at radius 1 is 1.00 bits per heavy atom. The van der Waals surface area contributed by atoms with E-state index in [2.05, 4.69) is 10.6 Å². The van der Waals surface area contributed by atoms with Crippen LogP contribution in [0.1, 0.15) is 11.7 Å². The third-order valence-electron chi connectivity index (χ3n) is 2.67. The summed E-state index contributed by atoms with van der Waals surface area (Å²) in [7, 11) is 0. The second-order valence-electron chi connectivity index (χ2n) is 4.13. The zero-order valence-electron chi connectivity index (χ0n) is 10.4. The fourth-order valence-corrected chi connectivity index (χ4v) is 1.68. The summed E-state index contributed by atoms with van der Waals surface area (Å²) in [5, 5.41) is 15.2. The number of carbonyl (C=O) groups is 1. The van der Waals surface area contributed by atoms with Crippen LogP contribution in [0, 0.1) is 0 Å². The molecule has 4 nitrogen and oxygen atoms in total. The predicted octanol–water partition coefficient (Wildman–Crippen LogP) is 2.54. The van der Waals surface area contributed by atoms with Crippen LogP contribution in [-0.2, 0) is 0 Å². The van der Waals surface area contributed by atoms with Gasteiger partial charge in [-0.15, -0.1) is 0 Å². The molecule has 0 fully saturated rings. The van der Waals surface area contributed by atoms with Crippen LogP contribution in [0.15, 0.2) is 60.7 Å². The number of anilines is 1. The summed E-state index contributed by atoms with van der Waals surface area (Å²) in [6.07, 6.45) is -0.706. The van der Waals surface area contributed by atoms with Gasteiger partial charge < -0.3 is 15.7 Å². The standard InChI is InChI=1S/C15H16N2O2/c18-14(12-7-3-1-4-8-12)11-16-15(19)17-13-9-5-2-6-10-13/h1-10,14,18H,11H2,(H2,16,17,19)/t14-/m0/s1. The molecule has 0 spiro atoms. The molecule has 3 N–H and O–H groups in total. The van der Waals surface area contributed by atoms with Gasteiger partial charge in [0.1, 0.15) is 0 Å². The first-order valence-electron chi connectivity index (χ1n) is 6.08. The summed E-state index contributed by atoms with van der Waals surface area (Å²) in [5.41, 5.74) is 1.50. The van der Waals surface area contributed by atoms with Crippen molar-refractivity contribution in [3.05, 3.63) is 66.2 Å². The minimum Gasteiger partial charge on any atom is -0.387 e. The monoisotopic (exact) mass is 256 g/mol. The molecule has 0 aliphatic heterocycles. The van der Waals surface area contributed by atoms with E-state index >= 15 is 0 Å². The second kappa shape index (κ2) is 6.56. The highest BCUT2D eigenvalue weighted by molar-refractivity contribution is 5.89. The van der Waals surface area contributed by atoms with Gasteiger partial charge in [0, 0.05) is 12.2 Å². The van der Waals surface area contributed by atoms with Gasteiger partial charge in [0.2, 0.25) is 0 Å². The van der Waals surface area contributed by atoms with Crippen LogP contribution in [0.2, 0.25) is 0 Å². The molecule has 2 aromatic carbocycles. The normalized spacial score (nSPS) is 11.6. The summed E-state index contributed by atoms with van der Waals surface area (Å²) in [4.78, 5) is 11.6. The summed E-state index contributed by atoms with van der Waals surface area (Å²) in [5.74, 6) is 0. The van der Waals surface area contributed by atoms with Gasteiger partial charge in [-0.1, -0.05) is 48.5 Å². The Balaban J connectivity index is 1.81. The first-order valence-corrected chi connectivity index (χ1v) is 6.08. The van der Waals surface area contributed by atoms with E-state index in [4.69, 9.17) is 0 Å². The van der Waals surface area contributed by atoms with Crippen LogP contribution in [0.25, 0.3) is 0 Å². The number of hydrogen-bond acceptors (Lipinski definition) is 2. The highest BCUT2D eigenvalue weighted by Crippen LogP contribution is 2.10. The molecule has 2 rings (SSSR count). The molecule has 98 valence electrons. The SMILES string of the molecule is O=C(NC[C@H](O)c1ccccc1)Nc1ccccc1. The number of carbonyl (C=O) groups excluding carboxylic acids is 1. The number of nitrogens with one attached hydrogen (secondary N) is 2. The van der Waals surface area contributed by atoms with Gasteiger partial charge in [0.15, 0.2) is 0 Å². The van der Waals surface area contributed by atoms with Crippen molar-refractivity contribution >= 4 is 11.7 Å². The van der Waals surface area contributed by atoms with Crippen molar-refractivity contribution < 1.29 is 9.90 Å². The number of aliphatic hydroxyl groups is 1. The number of rotatable bonds is 4. The minimum atomic E-state index is -0.706. The lowest BCUT2D eigenvalue weighted by Gasteiger charge is -2.12. The smallest absolute Gasteiger partial charge is 0.319 e. The van der Waals surface area contributed by atoms with Gasteiger partial charge in [0.25, 0.3) is 0 Å². The molecule has 0 aromatic heterocycles. The van der Waals surface area contributed by atoms with Gasteiger partial charge in [-0.25, -0.2) is 4.79 Å². The summed E-state index contributed by atoms with van der Waals surface area (Å²) < 4.78 is 0. The first kappa shape index (κ1) is 13.1. The largest absolute Gasteiger partial charge is 0.387 e. The Morgan fingerprint density at radius 3 is 2.21 bits per heavy atom. The van der Waals surface area contributed by atoms with Crippen molar-refractivity contribution in [1.29, 1.82) is 0 Å². The van der Waals surface area contributed by atoms with Crippen molar-refractivity contribution in [2.75, 3.05) is 11.9 Å². The molecule has 1 atom stereocenters. The molecule has 4 heteroatoms. The molecular formula is C15H16N2O2. The van der Waals surface area contributed by atoms with Crippen LogP contribution < -0.4 is 10.6 Å². The van der Waals surface area contributed by atoms with E-state index in [-0.39, 0.29) is 12.6 Å². The summed E-state index contributed by atoms with van der Waals surface area (Å²) >= 11 is 0. The third-order valence-corrected chi connectivity index (χ3v) is 2.67. The van der Waals surface area contributed by atoms with Crippen LogP contribution in [0.3, 0.4) is 0 Å². The number of benzene rings is 2. The molecule has 0 unspecified atom stereocenters. The number of hydrogen-bond donors (Lipinski definition) is 3. The van der Waals surface area contributed by atoms with Gasteiger partial charge in [-0.3, -0.25) is 0 Å². The minimum absolute atomic E-state index is 0.169. The molecule has 0 saturated heterocycles. The summed E-state index contributed by atoms with van der Waals surface area (Å²) in [6, 6.07) is 18.0. The number of amides is 2. The van der Waals surface area contributed by atoms with Crippen molar-refractivity contribution in [3.8, 4) is 0 Å². The average Bonchev–Trinajstić information content (AvgIpc) is 2.47. The van der Waals surface area contributed by atoms with Crippen molar-refractivity contribution in [2.24, 2.45) is 0 Å². The van der Waals surface area contributed by atoms with Crippen LogP contribution in [0.4, 0.5) is 10.5 Å². The molecular weight excluding hydrogens is 240 g/mol. The lowest BCUT2D eigenvalue weighted by atomic mass is 10.1. The van der Waals surface area contributed by atoms with Crippen molar-refractivity contribution in [3.63, 3.8) is 0 Å². The average molecular weight is 256 g/mol. The molecule has 0 aliphatic carbocycles. The molecule has 0 saturated carbocycles. The fourth-order valence-electron chi connectivity index (χ4n) is 1.68. The fraction of sp³-hybridized carbons (Fsp3) is 0.133. The number of para-hydroxylation sites is 1. The number of urea groups is 1. The highest BCUT2D eigenvalue weighted by atomic mass is 16.3. The Kier molecular flexibility index (Phi) is 4.53. The lowest BCUT2D eigenvalue weighted by molar-refractivity contribution is 0.175. The maximum absolute atomic E-state index is 11.6. The third kappa shape index (κ3) is 4.12. The molecule has 0 aliphatic rings. The van der Waals surface area contributed by atoms with Gasteiger partial charge in [-0.2, -0.15) is 0 Å². The van der Waals surface area contributed by atoms with Crippen LogP contribution in [-0.4, -0.2) is 17.7 Å². The first-order chi connectivity index (χ1) is 9.25. The van der Waals surface area contributed by atoms with E-state index in [1.165, 1.54) is 0 Å². The Hall–Kier alpha value is -2.33. The van der Waals surface area contributed by atoms with E-state index in [1.54, 1.807) is 12.1 Å². The lowest BCUT2D eigenvalue weighted by Crippen LogP contribution is -2.32.